The van der Waals surface area contributed by atoms with Gasteiger partial charge in [-0.05, 0) is 74.2 Å². The van der Waals surface area contributed by atoms with Gasteiger partial charge >= 0.3 is 0 Å². The summed E-state index contributed by atoms with van der Waals surface area (Å²) in [6.45, 7) is 3.80. The number of aromatic nitrogens is 3. The van der Waals surface area contributed by atoms with Crippen molar-refractivity contribution in [2.75, 3.05) is 19.1 Å². The summed E-state index contributed by atoms with van der Waals surface area (Å²) in [5.74, 6) is 0.476. The summed E-state index contributed by atoms with van der Waals surface area (Å²) in [5.41, 5.74) is 4.45. The zero-order chi connectivity index (χ0) is 28.2. The minimum Gasteiger partial charge on any atom is -0.497 e. The Morgan fingerprint density at radius 1 is 1.02 bits per heavy atom. The molecule has 9 heteroatoms. The first-order chi connectivity index (χ1) is 19.4. The zero-order valence-corrected chi connectivity index (χ0v) is 23.4. The molecule has 0 bridgehead atoms. The molecule has 1 heterocycles. The van der Waals surface area contributed by atoms with Crippen LogP contribution in [0.15, 0.2) is 60.7 Å². The Morgan fingerprint density at radius 3 is 2.55 bits per heavy atom. The third kappa shape index (κ3) is 5.50. The van der Waals surface area contributed by atoms with E-state index in [4.69, 9.17) is 9.47 Å². The van der Waals surface area contributed by atoms with Gasteiger partial charge in [0.25, 0.3) is 0 Å². The summed E-state index contributed by atoms with van der Waals surface area (Å²) in [6, 6.07) is 17.7. The van der Waals surface area contributed by atoms with E-state index in [2.05, 4.69) is 15.6 Å². The molecule has 3 aromatic carbocycles. The second kappa shape index (κ2) is 11.8. The normalized spacial score (nSPS) is 14.2. The number of hydrogen-bond donors (Lipinski definition) is 1. The highest BCUT2D eigenvalue weighted by Crippen LogP contribution is 2.38. The summed E-state index contributed by atoms with van der Waals surface area (Å²) in [7, 11) is 3.13. The minimum atomic E-state index is -1.02. The van der Waals surface area contributed by atoms with Gasteiger partial charge in [-0.1, -0.05) is 42.3 Å². The Hall–Kier alpha value is -4.40. The van der Waals surface area contributed by atoms with Crippen LogP contribution in [0.2, 0.25) is 0 Å². The molecule has 1 aliphatic carbocycles. The highest BCUT2D eigenvalue weighted by molar-refractivity contribution is 6.02. The third-order valence-electron chi connectivity index (χ3n) is 7.54. The van der Waals surface area contributed by atoms with E-state index in [9.17, 15) is 9.59 Å². The van der Waals surface area contributed by atoms with Crippen LogP contribution in [0.1, 0.15) is 48.4 Å². The first-order valence-electron chi connectivity index (χ1n) is 13.6. The fraction of sp³-hybridized carbons (Fsp3) is 0.355. The molecule has 1 N–H and O–H groups in total. The van der Waals surface area contributed by atoms with Crippen molar-refractivity contribution in [1.82, 2.24) is 20.3 Å². The molecule has 1 aromatic heterocycles. The van der Waals surface area contributed by atoms with Crippen molar-refractivity contribution in [2.24, 2.45) is 0 Å². The number of fused-ring (bicyclic) bond motifs is 1. The molecule has 0 unspecified atom stereocenters. The van der Waals surface area contributed by atoms with Gasteiger partial charge in [0, 0.05) is 17.3 Å². The van der Waals surface area contributed by atoms with E-state index >= 15 is 0 Å². The van der Waals surface area contributed by atoms with Crippen molar-refractivity contribution < 1.29 is 19.1 Å². The van der Waals surface area contributed by atoms with Crippen molar-refractivity contribution in [3.8, 4) is 11.5 Å². The van der Waals surface area contributed by atoms with E-state index in [1.165, 1.54) is 0 Å². The molecule has 1 saturated carbocycles. The smallest absolute Gasteiger partial charge is 0.249 e. The van der Waals surface area contributed by atoms with Crippen LogP contribution in [-0.2, 0) is 16.1 Å². The second-order valence-electron chi connectivity index (χ2n) is 10.3. The maximum absolute atomic E-state index is 14.4. The lowest BCUT2D eigenvalue weighted by molar-refractivity contribution is -0.127. The molecule has 0 spiro atoms. The van der Waals surface area contributed by atoms with E-state index < -0.39 is 6.04 Å². The highest BCUT2D eigenvalue weighted by atomic mass is 16.5. The molecule has 0 aliphatic heterocycles. The van der Waals surface area contributed by atoms with Gasteiger partial charge < -0.3 is 14.8 Å². The van der Waals surface area contributed by atoms with Crippen LogP contribution in [-0.4, -0.2) is 47.1 Å². The van der Waals surface area contributed by atoms with Crippen LogP contribution in [0.4, 0.5) is 5.69 Å². The van der Waals surface area contributed by atoms with Crippen LogP contribution in [0.25, 0.3) is 11.0 Å². The number of para-hydroxylation sites is 1. The molecule has 9 nitrogen and oxygen atoms in total. The average Bonchev–Trinajstić information content (AvgIpc) is 3.63. The second-order valence-corrected chi connectivity index (χ2v) is 10.3. The van der Waals surface area contributed by atoms with Crippen LogP contribution in [0.5, 0.6) is 11.5 Å². The zero-order valence-electron chi connectivity index (χ0n) is 23.4. The predicted octanol–water partition coefficient (Wildman–Crippen LogP) is 4.90. The quantitative estimate of drug-likeness (QED) is 0.324. The lowest BCUT2D eigenvalue weighted by Crippen LogP contribution is -2.47. The number of anilines is 1. The molecule has 1 atom stereocenters. The number of carbonyl (C=O) groups excluding carboxylic acids is 2. The predicted molar refractivity (Wildman–Crippen MR) is 154 cm³/mol. The van der Waals surface area contributed by atoms with Gasteiger partial charge in [-0.3, -0.25) is 14.5 Å². The number of ether oxygens (including phenoxy) is 2. The number of amides is 2. The summed E-state index contributed by atoms with van der Waals surface area (Å²) in [4.78, 5) is 30.3. The van der Waals surface area contributed by atoms with Gasteiger partial charge in [-0.2, -0.15) is 0 Å². The lowest BCUT2D eigenvalue weighted by atomic mass is 9.99. The Kier molecular flexibility index (Phi) is 8.00. The average molecular weight is 542 g/mol. The molecule has 0 radical (unpaired) electrons. The van der Waals surface area contributed by atoms with E-state index in [-0.39, 0.29) is 24.4 Å². The summed E-state index contributed by atoms with van der Waals surface area (Å²) in [5, 5.41) is 11.7. The molecule has 5 rings (SSSR count). The Labute approximate surface area is 234 Å². The Bertz CT molecular complexity index is 1530. The fourth-order valence-electron chi connectivity index (χ4n) is 5.44. The molecule has 208 valence electrons. The molecular formula is C31H35N5O4. The van der Waals surface area contributed by atoms with Gasteiger partial charge in [-0.25, -0.2) is 4.68 Å². The van der Waals surface area contributed by atoms with Crippen molar-refractivity contribution >= 4 is 28.5 Å². The molecule has 1 fully saturated rings. The third-order valence-corrected chi connectivity index (χ3v) is 7.54. The number of benzene rings is 3. The van der Waals surface area contributed by atoms with Gasteiger partial charge in [0.05, 0.1) is 19.7 Å². The van der Waals surface area contributed by atoms with Gasteiger partial charge in [0.1, 0.15) is 29.6 Å². The molecule has 2 amide bonds. The largest absolute Gasteiger partial charge is 0.497 e. The maximum Gasteiger partial charge on any atom is 0.249 e. The molecular weight excluding hydrogens is 506 g/mol. The van der Waals surface area contributed by atoms with Gasteiger partial charge in [0.2, 0.25) is 11.8 Å². The maximum atomic E-state index is 14.4. The molecule has 1 aliphatic rings. The first-order valence-corrected chi connectivity index (χ1v) is 13.6. The number of nitrogens with one attached hydrogen (secondary N) is 1. The SMILES string of the molecule is COc1ccc(OC)c([C@@H](C(=O)NC2CCCC2)N(C(=O)Cn2nnc3ccccc32)c2cc(C)ccc2C)c1. The van der Waals surface area contributed by atoms with E-state index in [0.29, 0.717) is 28.3 Å². The van der Waals surface area contributed by atoms with Gasteiger partial charge in [-0.15, -0.1) is 5.10 Å². The Morgan fingerprint density at radius 2 is 1.80 bits per heavy atom. The van der Waals surface area contributed by atoms with E-state index in [1.807, 2.05) is 56.3 Å². The summed E-state index contributed by atoms with van der Waals surface area (Å²) >= 11 is 0. The monoisotopic (exact) mass is 541 g/mol. The van der Waals surface area contributed by atoms with Crippen molar-refractivity contribution in [2.45, 2.75) is 58.2 Å². The molecule has 0 saturated heterocycles. The number of rotatable bonds is 9. The Balaban J connectivity index is 1.67. The first kappa shape index (κ1) is 27.2. The van der Waals surface area contributed by atoms with Crippen molar-refractivity contribution in [3.05, 3.63) is 77.4 Å². The van der Waals surface area contributed by atoms with Crippen molar-refractivity contribution in [3.63, 3.8) is 0 Å². The van der Waals surface area contributed by atoms with Crippen LogP contribution < -0.4 is 19.7 Å². The fourth-order valence-corrected chi connectivity index (χ4v) is 5.44. The molecule has 40 heavy (non-hydrogen) atoms. The van der Waals surface area contributed by atoms with Crippen molar-refractivity contribution in [1.29, 1.82) is 0 Å². The van der Waals surface area contributed by atoms with Gasteiger partial charge in [0.15, 0.2) is 0 Å². The number of methoxy groups -OCH3 is 2. The number of nitrogens with zero attached hydrogens (tertiary/aromatic N) is 4. The number of hydrogen-bond acceptors (Lipinski definition) is 6. The van der Waals surface area contributed by atoms with E-state index in [0.717, 1.165) is 42.3 Å². The van der Waals surface area contributed by atoms with Crippen LogP contribution >= 0.6 is 0 Å². The number of aryl methyl sites for hydroxylation is 2. The van der Waals surface area contributed by atoms with Crippen LogP contribution in [0.3, 0.4) is 0 Å². The standard InChI is InChI=1S/C31H35N5O4/c1-20-13-14-21(2)27(17-20)36(29(37)19-35-26-12-8-7-11-25(26)33-34-35)30(31(38)32-22-9-5-6-10-22)24-18-23(39-3)15-16-28(24)40-4/h7-8,11-18,22,30H,5-6,9-10,19H2,1-4H3,(H,32,38)/t30-/m0/s1. The lowest BCUT2D eigenvalue weighted by Gasteiger charge is -2.34. The van der Waals surface area contributed by atoms with E-state index in [1.54, 1.807) is 42.0 Å². The molecule has 4 aromatic rings. The summed E-state index contributed by atoms with van der Waals surface area (Å²) < 4.78 is 12.8. The topological polar surface area (TPSA) is 98.6 Å². The minimum absolute atomic E-state index is 0.0569. The number of carbonyl (C=O) groups is 2. The van der Waals surface area contributed by atoms with Crippen LogP contribution in [0, 0.1) is 13.8 Å². The summed E-state index contributed by atoms with van der Waals surface area (Å²) in [6.07, 6.45) is 3.96. The highest BCUT2D eigenvalue weighted by Gasteiger charge is 2.37.